The van der Waals surface area contributed by atoms with Crippen LogP contribution in [0.3, 0.4) is 0 Å². The molecule has 3 nitrogen and oxygen atoms in total. The van der Waals surface area contributed by atoms with Crippen LogP contribution in [-0.4, -0.2) is 10.1 Å². The van der Waals surface area contributed by atoms with Crippen LogP contribution in [-0.2, 0) is 6.42 Å². The van der Waals surface area contributed by atoms with E-state index in [4.69, 9.17) is 4.52 Å². The maximum atomic E-state index is 4.74. The number of rotatable bonds is 2. The minimum absolute atomic E-state index is 0.706. The van der Waals surface area contributed by atoms with E-state index < -0.39 is 0 Å². The van der Waals surface area contributed by atoms with Gasteiger partial charge in [0.15, 0.2) is 5.82 Å². The summed E-state index contributed by atoms with van der Waals surface area (Å²) in [7, 11) is 0. The van der Waals surface area contributed by atoms with Gasteiger partial charge in [0.25, 0.3) is 0 Å². The van der Waals surface area contributed by atoms with Crippen molar-refractivity contribution in [3.63, 3.8) is 0 Å². The summed E-state index contributed by atoms with van der Waals surface area (Å²) < 4.78 is 4.74. The summed E-state index contributed by atoms with van der Waals surface area (Å²) in [5.41, 5.74) is 1.22. The topological polar surface area (TPSA) is 38.9 Å². The molecule has 3 aromatic rings. The van der Waals surface area contributed by atoms with Crippen LogP contribution in [0.2, 0.25) is 0 Å². The summed E-state index contributed by atoms with van der Waals surface area (Å²) in [6.07, 6.45) is 2.07. The van der Waals surface area contributed by atoms with E-state index in [-0.39, 0.29) is 0 Å². The van der Waals surface area contributed by atoms with Gasteiger partial charge in [-0.3, -0.25) is 0 Å². The Kier molecular flexibility index (Phi) is 2.14. The third kappa shape index (κ3) is 1.56. The van der Waals surface area contributed by atoms with Crippen molar-refractivity contribution >= 4 is 10.8 Å². The first kappa shape index (κ1) is 9.09. The van der Waals surface area contributed by atoms with Crippen LogP contribution in [0.4, 0.5) is 0 Å². The number of fused-ring (bicyclic) bond motifs is 1. The molecule has 3 rings (SSSR count). The Morgan fingerprint density at radius 2 is 1.88 bits per heavy atom. The van der Waals surface area contributed by atoms with Crippen molar-refractivity contribution in [3.8, 4) is 0 Å². The Balaban J connectivity index is 2.10. The van der Waals surface area contributed by atoms with E-state index in [2.05, 4.69) is 40.5 Å². The van der Waals surface area contributed by atoms with Gasteiger partial charge in [0.2, 0.25) is 6.39 Å². The Bertz CT molecular complexity index is 597. The zero-order chi connectivity index (χ0) is 10.8. The lowest BCUT2D eigenvalue weighted by Crippen LogP contribution is -1.91. The monoisotopic (exact) mass is 210 g/mol. The van der Waals surface area contributed by atoms with E-state index in [9.17, 15) is 0 Å². The summed E-state index contributed by atoms with van der Waals surface area (Å²) in [5, 5.41) is 6.32. The van der Waals surface area contributed by atoms with Crippen LogP contribution < -0.4 is 0 Å². The van der Waals surface area contributed by atoms with Crippen molar-refractivity contribution in [2.45, 2.75) is 6.42 Å². The van der Waals surface area contributed by atoms with Crippen molar-refractivity contribution in [3.05, 3.63) is 60.2 Å². The molecule has 2 aromatic carbocycles. The van der Waals surface area contributed by atoms with Gasteiger partial charge >= 0.3 is 0 Å². The third-order valence-electron chi connectivity index (χ3n) is 2.64. The number of nitrogens with zero attached hydrogens (tertiary/aromatic N) is 2. The van der Waals surface area contributed by atoms with Crippen molar-refractivity contribution in [2.75, 3.05) is 0 Å². The number of hydrogen-bond donors (Lipinski definition) is 0. The second-order valence-corrected chi connectivity index (χ2v) is 3.66. The standard InChI is InChI=1S/C13H10N2O/c1-2-7-12-10(4-1)5-3-6-11(12)8-13-14-9-16-15-13/h1-7,9H,8H2. The molecule has 0 aliphatic rings. The Morgan fingerprint density at radius 3 is 2.75 bits per heavy atom. The van der Waals surface area contributed by atoms with Crippen molar-refractivity contribution in [2.24, 2.45) is 0 Å². The lowest BCUT2D eigenvalue weighted by atomic mass is 10.0. The zero-order valence-electron chi connectivity index (χ0n) is 8.63. The van der Waals surface area contributed by atoms with Gasteiger partial charge in [-0.15, -0.1) is 0 Å². The lowest BCUT2D eigenvalue weighted by Gasteiger charge is -2.03. The van der Waals surface area contributed by atoms with E-state index >= 15 is 0 Å². The molecule has 1 aromatic heterocycles. The van der Waals surface area contributed by atoms with E-state index in [1.807, 2.05) is 12.1 Å². The maximum Gasteiger partial charge on any atom is 0.213 e. The average Bonchev–Trinajstić information content (AvgIpc) is 2.82. The van der Waals surface area contributed by atoms with Crippen LogP contribution >= 0.6 is 0 Å². The Hall–Kier alpha value is -2.16. The highest BCUT2D eigenvalue weighted by Gasteiger charge is 2.04. The molecule has 0 aliphatic carbocycles. The predicted molar refractivity (Wildman–Crippen MR) is 61.1 cm³/mol. The molecule has 0 aliphatic heterocycles. The zero-order valence-corrected chi connectivity index (χ0v) is 8.63. The summed E-state index contributed by atoms with van der Waals surface area (Å²) in [4.78, 5) is 4.04. The van der Waals surface area contributed by atoms with Crippen molar-refractivity contribution in [1.82, 2.24) is 10.1 Å². The second-order valence-electron chi connectivity index (χ2n) is 3.66. The molecule has 0 N–H and O–H groups in total. The fraction of sp³-hybridized carbons (Fsp3) is 0.0769. The van der Waals surface area contributed by atoms with E-state index in [0.717, 1.165) is 5.82 Å². The molecule has 0 spiro atoms. The maximum absolute atomic E-state index is 4.74. The largest absolute Gasteiger partial charge is 0.343 e. The smallest absolute Gasteiger partial charge is 0.213 e. The molecule has 0 atom stereocenters. The molecule has 0 fully saturated rings. The quantitative estimate of drug-likeness (QED) is 0.652. The number of aromatic nitrogens is 2. The fourth-order valence-corrected chi connectivity index (χ4v) is 1.89. The van der Waals surface area contributed by atoms with Crippen LogP contribution in [0.5, 0.6) is 0 Å². The van der Waals surface area contributed by atoms with Gasteiger partial charge in [-0.2, -0.15) is 4.98 Å². The fourth-order valence-electron chi connectivity index (χ4n) is 1.89. The van der Waals surface area contributed by atoms with E-state index in [1.165, 1.54) is 22.7 Å². The molecule has 3 heteroatoms. The third-order valence-corrected chi connectivity index (χ3v) is 2.64. The second kappa shape index (κ2) is 3.77. The molecule has 0 unspecified atom stereocenters. The molecule has 16 heavy (non-hydrogen) atoms. The molecule has 0 saturated heterocycles. The van der Waals surface area contributed by atoms with Crippen molar-refractivity contribution in [1.29, 1.82) is 0 Å². The van der Waals surface area contributed by atoms with Crippen LogP contribution in [0.15, 0.2) is 53.4 Å². The summed E-state index contributed by atoms with van der Waals surface area (Å²) in [5.74, 6) is 0.719. The van der Waals surface area contributed by atoms with Gasteiger partial charge in [-0.1, -0.05) is 47.6 Å². The summed E-state index contributed by atoms with van der Waals surface area (Å²) in [6, 6.07) is 14.6. The minimum atomic E-state index is 0.706. The van der Waals surface area contributed by atoms with Crippen LogP contribution in [0.1, 0.15) is 11.4 Å². The molecule has 1 heterocycles. The normalized spacial score (nSPS) is 10.8. The van der Waals surface area contributed by atoms with Crippen molar-refractivity contribution < 1.29 is 4.52 Å². The SMILES string of the molecule is c1ccc2c(Cc3ncon3)cccc2c1. The first-order chi connectivity index (χ1) is 7.93. The van der Waals surface area contributed by atoms with E-state index in [0.29, 0.717) is 6.42 Å². The first-order valence-corrected chi connectivity index (χ1v) is 5.15. The average molecular weight is 210 g/mol. The lowest BCUT2D eigenvalue weighted by molar-refractivity contribution is 0.411. The minimum Gasteiger partial charge on any atom is -0.343 e. The van der Waals surface area contributed by atoms with Crippen LogP contribution in [0, 0.1) is 0 Å². The summed E-state index contributed by atoms with van der Waals surface area (Å²) in [6.45, 7) is 0. The molecule has 0 bridgehead atoms. The molecule has 0 radical (unpaired) electrons. The molecular weight excluding hydrogens is 200 g/mol. The van der Waals surface area contributed by atoms with Crippen LogP contribution in [0.25, 0.3) is 10.8 Å². The highest BCUT2D eigenvalue weighted by atomic mass is 16.5. The summed E-state index contributed by atoms with van der Waals surface area (Å²) >= 11 is 0. The molecule has 0 amide bonds. The van der Waals surface area contributed by atoms with Gasteiger partial charge in [-0.05, 0) is 16.3 Å². The van der Waals surface area contributed by atoms with Gasteiger partial charge < -0.3 is 4.52 Å². The first-order valence-electron chi connectivity index (χ1n) is 5.15. The Labute approximate surface area is 92.7 Å². The van der Waals surface area contributed by atoms with Gasteiger partial charge in [0.05, 0.1) is 0 Å². The van der Waals surface area contributed by atoms with E-state index in [1.54, 1.807) is 0 Å². The number of hydrogen-bond acceptors (Lipinski definition) is 3. The van der Waals surface area contributed by atoms with Gasteiger partial charge in [-0.25, -0.2) is 0 Å². The Morgan fingerprint density at radius 1 is 1.00 bits per heavy atom. The highest BCUT2D eigenvalue weighted by molar-refractivity contribution is 5.85. The molecular formula is C13H10N2O. The predicted octanol–water partition coefficient (Wildman–Crippen LogP) is 2.81. The van der Waals surface area contributed by atoms with Gasteiger partial charge in [0, 0.05) is 6.42 Å². The number of benzene rings is 2. The molecule has 78 valence electrons. The molecule has 0 saturated carbocycles. The van der Waals surface area contributed by atoms with Gasteiger partial charge in [0.1, 0.15) is 0 Å². The highest BCUT2D eigenvalue weighted by Crippen LogP contribution is 2.19.